The van der Waals surface area contributed by atoms with E-state index in [-0.39, 0.29) is 30.7 Å². The van der Waals surface area contributed by atoms with Crippen LogP contribution in [0.5, 0.6) is 0 Å². The Morgan fingerprint density at radius 2 is 2.22 bits per heavy atom. The van der Waals surface area contributed by atoms with E-state index in [9.17, 15) is 13.2 Å². The Kier molecular flexibility index (Phi) is 5.56. The predicted octanol–water partition coefficient (Wildman–Crippen LogP) is 0.551. The van der Waals surface area contributed by atoms with Crippen molar-refractivity contribution in [1.82, 2.24) is 4.72 Å². The topological polar surface area (TPSA) is 96.3 Å². The fraction of sp³-hybridized carbons (Fsp3) is 0.818. The van der Waals surface area contributed by atoms with Gasteiger partial charge in [0.2, 0.25) is 10.0 Å². The molecule has 0 saturated heterocycles. The number of hydrogen-bond acceptors (Lipinski definition) is 5. The van der Waals surface area contributed by atoms with Gasteiger partial charge in [-0.2, -0.15) is 5.26 Å². The van der Waals surface area contributed by atoms with Gasteiger partial charge in [-0.25, -0.2) is 13.1 Å². The monoisotopic (exact) mass is 274 g/mol. The van der Waals surface area contributed by atoms with Gasteiger partial charge in [0, 0.05) is 6.04 Å². The van der Waals surface area contributed by atoms with Crippen LogP contribution in [0, 0.1) is 17.2 Å². The average molecular weight is 274 g/mol. The van der Waals surface area contributed by atoms with Crippen molar-refractivity contribution in [3.63, 3.8) is 0 Å². The third-order valence-electron chi connectivity index (χ3n) is 2.89. The molecule has 18 heavy (non-hydrogen) atoms. The molecule has 0 spiro atoms. The number of ether oxygens (including phenoxy) is 1. The number of nitrogens with one attached hydrogen (secondary N) is 1. The summed E-state index contributed by atoms with van der Waals surface area (Å²) in [5.41, 5.74) is 0. The number of carbonyl (C=O) groups excluding carboxylic acids is 1. The lowest BCUT2D eigenvalue weighted by Crippen LogP contribution is -2.38. The second-order valence-corrected chi connectivity index (χ2v) is 6.14. The molecule has 0 aromatic rings. The molecular weight excluding hydrogens is 256 g/mol. The molecule has 1 saturated carbocycles. The molecule has 0 amide bonds. The molecule has 2 unspecified atom stereocenters. The quantitative estimate of drug-likeness (QED) is 0.713. The Morgan fingerprint density at radius 1 is 1.50 bits per heavy atom. The van der Waals surface area contributed by atoms with E-state index in [0.717, 1.165) is 12.8 Å². The van der Waals surface area contributed by atoms with Crippen LogP contribution in [0.1, 0.15) is 32.6 Å². The van der Waals surface area contributed by atoms with E-state index in [2.05, 4.69) is 15.5 Å². The largest absolute Gasteiger partial charge is 0.466 e. The number of nitriles is 1. The van der Waals surface area contributed by atoms with Crippen LogP contribution in [-0.4, -0.2) is 32.8 Å². The Bertz CT molecular complexity index is 427. The molecule has 0 radical (unpaired) electrons. The lowest BCUT2D eigenvalue weighted by molar-refractivity contribution is -0.142. The molecule has 0 bridgehead atoms. The van der Waals surface area contributed by atoms with Gasteiger partial charge < -0.3 is 4.74 Å². The molecule has 2 atom stereocenters. The number of hydrogen-bond donors (Lipinski definition) is 1. The first-order valence-electron chi connectivity index (χ1n) is 6.03. The van der Waals surface area contributed by atoms with Gasteiger partial charge in [0.05, 0.1) is 30.8 Å². The van der Waals surface area contributed by atoms with Crippen molar-refractivity contribution in [2.24, 2.45) is 5.92 Å². The summed E-state index contributed by atoms with van der Waals surface area (Å²) in [4.78, 5) is 11.1. The van der Waals surface area contributed by atoms with Gasteiger partial charge in [-0.15, -0.1) is 0 Å². The van der Waals surface area contributed by atoms with E-state index in [0.29, 0.717) is 6.42 Å². The van der Waals surface area contributed by atoms with Crippen LogP contribution in [0.15, 0.2) is 0 Å². The van der Waals surface area contributed by atoms with Crippen LogP contribution >= 0.6 is 0 Å². The lowest BCUT2D eigenvalue weighted by Gasteiger charge is -2.15. The first-order valence-corrected chi connectivity index (χ1v) is 7.69. The Hall–Kier alpha value is -1.13. The summed E-state index contributed by atoms with van der Waals surface area (Å²) in [6.45, 7) is 1.91. The SMILES string of the molecule is CCOC(=O)CCS(=O)(=O)NC1CCCC1C#N. The smallest absolute Gasteiger partial charge is 0.306 e. The first-order chi connectivity index (χ1) is 8.48. The van der Waals surface area contributed by atoms with E-state index < -0.39 is 16.0 Å². The minimum absolute atomic E-state index is 0.160. The van der Waals surface area contributed by atoms with Crippen LogP contribution in [0.3, 0.4) is 0 Å². The highest BCUT2D eigenvalue weighted by molar-refractivity contribution is 7.89. The van der Waals surface area contributed by atoms with Crippen LogP contribution in [0.4, 0.5) is 0 Å². The van der Waals surface area contributed by atoms with Gasteiger partial charge >= 0.3 is 5.97 Å². The number of nitrogens with zero attached hydrogens (tertiary/aromatic N) is 1. The van der Waals surface area contributed by atoms with Crippen LogP contribution in [0.2, 0.25) is 0 Å². The molecule has 1 N–H and O–H groups in total. The molecule has 1 aliphatic rings. The summed E-state index contributed by atoms with van der Waals surface area (Å²) in [7, 11) is -3.52. The highest BCUT2D eigenvalue weighted by Gasteiger charge is 2.30. The van der Waals surface area contributed by atoms with Crippen molar-refractivity contribution in [2.45, 2.75) is 38.6 Å². The van der Waals surface area contributed by atoms with Crippen molar-refractivity contribution in [2.75, 3.05) is 12.4 Å². The Balaban J connectivity index is 2.45. The van der Waals surface area contributed by atoms with Gasteiger partial charge in [0.25, 0.3) is 0 Å². The molecule has 7 heteroatoms. The van der Waals surface area contributed by atoms with Crippen LogP contribution in [0.25, 0.3) is 0 Å². The van der Waals surface area contributed by atoms with E-state index >= 15 is 0 Å². The molecule has 1 rings (SSSR count). The fourth-order valence-electron chi connectivity index (χ4n) is 2.00. The number of carbonyl (C=O) groups is 1. The zero-order valence-electron chi connectivity index (χ0n) is 10.4. The van der Waals surface area contributed by atoms with Crippen molar-refractivity contribution < 1.29 is 17.9 Å². The molecule has 1 fully saturated rings. The van der Waals surface area contributed by atoms with Crippen LogP contribution in [-0.2, 0) is 19.6 Å². The summed E-state index contributed by atoms with van der Waals surface area (Å²) < 4.78 is 30.6. The summed E-state index contributed by atoms with van der Waals surface area (Å²) in [6, 6.07) is 1.79. The van der Waals surface area contributed by atoms with Gasteiger partial charge in [-0.05, 0) is 19.8 Å². The van der Waals surface area contributed by atoms with Crippen LogP contribution < -0.4 is 4.72 Å². The molecule has 102 valence electrons. The van der Waals surface area contributed by atoms with Crippen molar-refractivity contribution >= 4 is 16.0 Å². The Labute approximate surface area is 107 Å². The number of esters is 1. The summed E-state index contributed by atoms with van der Waals surface area (Å²) in [5.74, 6) is -1.07. The van der Waals surface area contributed by atoms with Gasteiger partial charge in [-0.3, -0.25) is 4.79 Å². The zero-order chi connectivity index (χ0) is 13.6. The fourth-order valence-corrected chi connectivity index (χ4v) is 3.29. The number of sulfonamides is 1. The van der Waals surface area contributed by atoms with Crippen molar-refractivity contribution in [3.8, 4) is 6.07 Å². The first kappa shape index (κ1) is 14.9. The third-order valence-corrected chi connectivity index (χ3v) is 4.30. The van der Waals surface area contributed by atoms with Gasteiger partial charge in [0.15, 0.2) is 0 Å². The summed E-state index contributed by atoms with van der Waals surface area (Å²) >= 11 is 0. The predicted molar refractivity (Wildman–Crippen MR) is 64.9 cm³/mol. The third kappa shape index (κ3) is 4.63. The van der Waals surface area contributed by atoms with Crippen molar-refractivity contribution in [3.05, 3.63) is 0 Å². The molecule has 0 aliphatic heterocycles. The summed E-state index contributed by atoms with van der Waals surface area (Å²) in [5, 5.41) is 8.86. The second-order valence-electron chi connectivity index (χ2n) is 4.26. The maximum atomic E-state index is 11.7. The maximum Gasteiger partial charge on any atom is 0.306 e. The maximum absolute atomic E-state index is 11.7. The molecule has 0 aromatic carbocycles. The molecular formula is C11H18N2O4S. The zero-order valence-corrected chi connectivity index (χ0v) is 11.2. The highest BCUT2D eigenvalue weighted by Crippen LogP contribution is 2.25. The van der Waals surface area contributed by atoms with Gasteiger partial charge in [-0.1, -0.05) is 6.42 Å². The second kappa shape index (κ2) is 6.71. The Morgan fingerprint density at radius 3 is 2.83 bits per heavy atom. The minimum atomic E-state index is -3.52. The van der Waals surface area contributed by atoms with Crippen molar-refractivity contribution in [1.29, 1.82) is 5.26 Å². The molecule has 1 aliphatic carbocycles. The van der Waals surface area contributed by atoms with E-state index in [1.807, 2.05) is 0 Å². The number of rotatable bonds is 6. The van der Waals surface area contributed by atoms with Gasteiger partial charge in [0.1, 0.15) is 0 Å². The van der Waals surface area contributed by atoms with E-state index in [4.69, 9.17) is 5.26 Å². The molecule has 6 nitrogen and oxygen atoms in total. The molecule has 0 heterocycles. The highest BCUT2D eigenvalue weighted by atomic mass is 32.2. The van der Waals surface area contributed by atoms with E-state index in [1.54, 1.807) is 6.92 Å². The normalized spacial score (nSPS) is 23.6. The average Bonchev–Trinajstić information content (AvgIpc) is 2.73. The molecule has 0 aromatic heterocycles. The summed E-state index contributed by atoms with van der Waals surface area (Å²) in [6.07, 6.45) is 2.09. The minimum Gasteiger partial charge on any atom is -0.466 e. The van der Waals surface area contributed by atoms with E-state index in [1.165, 1.54) is 0 Å². The standard InChI is InChI=1S/C11H18N2O4S/c1-2-17-11(14)6-7-18(15,16)13-10-5-3-4-9(10)8-12/h9-10,13H,2-7H2,1H3. The lowest BCUT2D eigenvalue weighted by atomic mass is 10.1.